The molecule has 8 nitrogen and oxygen atoms in total. The van der Waals surface area contributed by atoms with Gasteiger partial charge in [0.05, 0.1) is 23.2 Å². The fraction of sp³-hybridized carbons (Fsp3) is 0.360. The molecule has 0 spiro atoms. The van der Waals surface area contributed by atoms with Crippen LogP contribution in [0.4, 0.5) is 5.69 Å². The maximum absolute atomic E-state index is 12.2. The van der Waals surface area contributed by atoms with E-state index in [-0.39, 0.29) is 35.8 Å². The van der Waals surface area contributed by atoms with E-state index in [1.165, 1.54) is 0 Å². The summed E-state index contributed by atoms with van der Waals surface area (Å²) < 4.78 is 7.02. The Hall–Kier alpha value is -3.39. The van der Waals surface area contributed by atoms with Crippen LogP contribution in [0.5, 0.6) is 11.6 Å². The third kappa shape index (κ3) is 5.94. The van der Waals surface area contributed by atoms with Crippen LogP contribution in [0.15, 0.2) is 52.7 Å². The third-order valence-electron chi connectivity index (χ3n) is 5.41. The van der Waals surface area contributed by atoms with Gasteiger partial charge in [0.2, 0.25) is 5.88 Å². The highest BCUT2D eigenvalue weighted by molar-refractivity contribution is 6.33. The number of amides is 2. The van der Waals surface area contributed by atoms with Crippen molar-refractivity contribution in [3.63, 3.8) is 0 Å². The number of carbonyl (C=O) groups excluding carboxylic acids is 2. The number of nitrogens with one attached hydrogen (secondary N) is 1. The van der Waals surface area contributed by atoms with Crippen molar-refractivity contribution < 1.29 is 19.4 Å². The van der Waals surface area contributed by atoms with Crippen LogP contribution in [-0.2, 0) is 4.79 Å². The summed E-state index contributed by atoms with van der Waals surface area (Å²) in [6.45, 7) is 4.39. The standard InChI is InChI=1S/C25H29ClN4O4/c1-16(2)30-21-13-12-17(34-3)15-19(21)23(25(30)33)29-28-22(31)11-5-4-8-14-27-24(32)18-9-6-7-10-20(18)26/h6-7,9-10,12-13,15-16,33H,4-5,8,11,14H2,1-3H3,(H,27,32). The van der Waals surface area contributed by atoms with Crippen LogP contribution in [0.3, 0.4) is 0 Å². The van der Waals surface area contributed by atoms with Crippen LogP contribution in [-0.4, -0.2) is 35.1 Å². The highest BCUT2D eigenvalue weighted by atomic mass is 35.5. The average molecular weight is 485 g/mol. The lowest BCUT2D eigenvalue weighted by Crippen LogP contribution is -2.24. The Balaban J connectivity index is 1.52. The van der Waals surface area contributed by atoms with Crippen LogP contribution in [0.25, 0.3) is 10.9 Å². The summed E-state index contributed by atoms with van der Waals surface area (Å²) in [6.07, 6.45) is 2.32. The Morgan fingerprint density at radius 3 is 2.62 bits per heavy atom. The molecule has 1 aromatic heterocycles. The van der Waals surface area contributed by atoms with E-state index < -0.39 is 0 Å². The molecule has 34 heavy (non-hydrogen) atoms. The number of benzene rings is 2. The third-order valence-corrected chi connectivity index (χ3v) is 5.74. The van der Waals surface area contributed by atoms with Crippen molar-refractivity contribution in [2.24, 2.45) is 10.2 Å². The predicted octanol–water partition coefficient (Wildman–Crippen LogP) is 6.19. The van der Waals surface area contributed by atoms with Crippen molar-refractivity contribution in [2.45, 2.75) is 45.6 Å². The topological polar surface area (TPSA) is 105 Å². The number of aromatic nitrogens is 1. The van der Waals surface area contributed by atoms with E-state index in [2.05, 4.69) is 15.5 Å². The number of carbonyl (C=O) groups is 2. The molecule has 2 amide bonds. The lowest BCUT2D eigenvalue weighted by atomic mass is 10.1. The largest absolute Gasteiger partial charge is 0.497 e. The Labute approximate surface area is 203 Å². The molecule has 3 aromatic rings. The molecule has 0 saturated heterocycles. The molecule has 3 rings (SSSR count). The first-order valence-corrected chi connectivity index (χ1v) is 11.6. The van der Waals surface area contributed by atoms with Crippen LogP contribution in [0.2, 0.25) is 5.02 Å². The number of azo groups is 1. The van der Waals surface area contributed by atoms with Gasteiger partial charge in [-0.3, -0.25) is 9.59 Å². The number of aromatic hydroxyl groups is 1. The van der Waals surface area contributed by atoms with E-state index in [4.69, 9.17) is 16.3 Å². The number of rotatable bonds is 10. The van der Waals surface area contributed by atoms with Crippen molar-refractivity contribution in [1.82, 2.24) is 9.88 Å². The second-order valence-electron chi connectivity index (χ2n) is 8.16. The van der Waals surface area contributed by atoms with Crippen molar-refractivity contribution in [3.8, 4) is 11.6 Å². The van der Waals surface area contributed by atoms with Gasteiger partial charge in [0, 0.05) is 24.4 Å². The molecule has 2 N–H and O–H groups in total. The first-order valence-electron chi connectivity index (χ1n) is 11.2. The molecular weight excluding hydrogens is 456 g/mol. The Morgan fingerprint density at radius 1 is 1.15 bits per heavy atom. The minimum atomic E-state index is -0.368. The zero-order valence-corrected chi connectivity index (χ0v) is 20.3. The van der Waals surface area contributed by atoms with E-state index in [1.807, 2.05) is 26.0 Å². The predicted molar refractivity (Wildman–Crippen MR) is 132 cm³/mol. The molecule has 0 aliphatic rings. The van der Waals surface area contributed by atoms with E-state index in [0.29, 0.717) is 34.7 Å². The average Bonchev–Trinajstić information content (AvgIpc) is 3.10. The summed E-state index contributed by atoms with van der Waals surface area (Å²) in [7, 11) is 1.56. The second-order valence-corrected chi connectivity index (χ2v) is 8.57. The van der Waals surface area contributed by atoms with E-state index in [1.54, 1.807) is 42.0 Å². The van der Waals surface area contributed by atoms with Gasteiger partial charge in [0.15, 0.2) is 5.69 Å². The molecular formula is C25H29ClN4O4. The van der Waals surface area contributed by atoms with Crippen molar-refractivity contribution in [3.05, 3.63) is 53.1 Å². The monoisotopic (exact) mass is 484 g/mol. The molecule has 0 aliphatic carbocycles. The number of unbranched alkanes of at least 4 members (excludes halogenated alkanes) is 2. The number of halogens is 1. The molecule has 9 heteroatoms. The first-order chi connectivity index (χ1) is 16.3. The van der Waals surface area contributed by atoms with Gasteiger partial charge in [0.1, 0.15) is 5.75 Å². The molecule has 180 valence electrons. The maximum atomic E-state index is 12.2. The fourth-order valence-corrected chi connectivity index (χ4v) is 3.91. The second kappa shape index (κ2) is 11.7. The van der Waals surface area contributed by atoms with Gasteiger partial charge in [-0.2, -0.15) is 0 Å². The quantitative estimate of drug-likeness (QED) is 0.264. The number of fused-ring (bicyclic) bond motifs is 1. The van der Waals surface area contributed by atoms with Crippen LogP contribution in [0, 0.1) is 0 Å². The van der Waals surface area contributed by atoms with Crippen LogP contribution in [0.1, 0.15) is 55.9 Å². The number of methoxy groups -OCH3 is 1. The summed E-state index contributed by atoms with van der Waals surface area (Å²) >= 11 is 6.02. The lowest BCUT2D eigenvalue weighted by molar-refractivity contribution is -0.118. The SMILES string of the molecule is COc1ccc2c(c1)c(N=NC(=O)CCCCCNC(=O)c1ccccc1Cl)c(O)n2C(C)C. The van der Waals surface area contributed by atoms with Gasteiger partial charge in [0.25, 0.3) is 11.8 Å². The normalized spacial score (nSPS) is 11.4. The number of ether oxygens (including phenoxy) is 1. The number of hydrogen-bond acceptors (Lipinski definition) is 5. The molecule has 0 radical (unpaired) electrons. The molecule has 1 heterocycles. The Bertz CT molecular complexity index is 1200. The number of hydrogen-bond donors (Lipinski definition) is 2. The highest BCUT2D eigenvalue weighted by Gasteiger charge is 2.19. The molecule has 0 bridgehead atoms. The molecule has 0 atom stereocenters. The summed E-state index contributed by atoms with van der Waals surface area (Å²) in [5, 5.41) is 22.5. The van der Waals surface area contributed by atoms with Crippen molar-refractivity contribution >= 4 is 40.0 Å². The van der Waals surface area contributed by atoms with Crippen LogP contribution >= 0.6 is 11.6 Å². The van der Waals surface area contributed by atoms with Gasteiger partial charge in [-0.25, -0.2) is 0 Å². The Kier molecular flexibility index (Phi) is 8.65. The van der Waals surface area contributed by atoms with Crippen molar-refractivity contribution in [1.29, 1.82) is 0 Å². The molecule has 2 aromatic carbocycles. The first kappa shape index (κ1) is 25.2. The minimum Gasteiger partial charge on any atom is -0.497 e. The zero-order chi connectivity index (χ0) is 24.7. The smallest absolute Gasteiger partial charge is 0.264 e. The highest BCUT2D eigenvalue weighted by Crippen LogP contribution is 2.42. The van der Waals surface area contributed by atoms with Gasteiger partial charge in [-0.1, -0.05) is 30.2 Å². The minimum absolute atomic E-state index is 0.00560. The lowest BCUT2D eigenvalue weighted by Gasteiger charge is -2.10. The van der Waals surface area contributed by atoms with E-state index in [9.17, 15) is 14.7 Å². The summed E-state index contributed by atoms with van der Waals surface area (Å²) in [5.41, 5.74) is 1.48. The molecule has 0 saturated carbocycles. The summed E-state index contributed by atoms with van der Waals surface area (Å²) in [5.74, 6) is 0.00203. The van der Waals surface area contributed by atoms with Crippen LogP contribution < -0.4 is 10.1 Å². The Morgan fingerprint density at radius 2 is 1.91 bits per heavy atom. The van der Waals surface area contributed by atoms with Crippen molar-refractivity contribution in [2.75, 3.05) is 13.7 Å². The molecule has 0 aliphatic heterocycles. The number of nitrogens with zero attached hydrogens (tertiary/aromatic N) is 3. The maximum Gasteiger partial charge on any atom is 0.264 e. The molecule has 0 unspecified atom stereocenters. The van der Waals surface area contributed by atoms with Gasteiger partial charge in [-0.15, -0.1) is 10.2 Å². The zero-order valence-electron chi connectivity index (χ0n) is 19.5. The van der Waals surface area contributed by atoms with Gasteiger partial charge >= 0.3 is 0 Å². The van der Waals surface area contributed by atoms with Gasteiger partial charge < -0.3 is 19.7 Å². The van der Waals surface area contributed by atoms with Gasteiger partial charge in [-0.05, 0) is 57.0 Å². The van der Waals surface area contributed by atoms with E-state index in [0.717, 1.165) is 18.4 Å². The fourth-order valence-electron chi connectivity index (χ4n) is 3.69. The summed E-state index contributed by atoms with van der Waals surface area (Å²) in [6, 6.07) is 12.3. The summed E-state index contributed by atoms with van der Waals surface area (Å²) in [4.78, 5) is 24.4. The molecule has 0 fully saturated rings. The van der Waals surface area contributed by atoms with E-state index >= 15 is 0 Å².